The lowest BCUT2D eigenvalue weighted by Gasteiger charge is -2.33. The smallest absolute Gasteiger partial charge is 0.0718 e. The Hall–Kier alpha value is -0.800. The molecular weight excluding hydrogens is 234 g/mol. The van der Waals surface area contributed by atoms with Gasteiger partial charge < -0.3 is 5.32 Å². The standard InChI is InChI=1S/C13H18ClN3/c14-10-4-6-15-9-12(10)16-11-5-8-17-7-2-1-3-13(11)17/h4,6,9,11,13,16H,1-3,5,7-8H2. The van der Waals surface area contributed by atoms with Gasteiger partial charge in [0.15, 0.2) is 0 Å². The minimum Gasteiger partial charge on any atom is -0.378 e. The van der Waals surface area contributed by atoms with Crippen LogP contribution in [-0.4, -0.2) is 35.1 Å². The van der Waals surface area contributed by atoms with Crippen LogP contribution in [0.3, 0.4) is 0 Å². The van der Waals surface area contributed by atoms with Gasteiger partial charge in [0.25, 0.3) is 0 Å². The maximum Gasteiger partial charge on any atom is 0.0718 e. The molecule has 0 aromatic carbocycles. The molecule has 0 bridgehead atoms. The van der Waals surface area contributed by atoms with E-state index in [-0.39, 0.29) is 0 Å². The number of anilines is 1. The van der Waals surface area contributed by atoms with Crippen LogP contribution in [0.15, 0.2) is 18.5 Å². The fraction of sp³-hybridized carbons (Fsp3) is 0.615. The van der Waals surface area contributed by atoms with Crippen molar-refractivity contribution in [3.05, 3.63) is 23.5 Å². The van der Waals surface area contributed by atoms with E-state index in [1.165, 1.54) is 38.8 Å². The van der Waals surface area contributed by atoms with Crippen LogP contribution >= 0.6 is 11.6 Å². The van der Waals surface area contributed by atoms with Gasteiger partial charge in [0.05, 0.1) is 16.9 Å². The summed E-state index contributed by atoms with van der Waals surface area (Å²) in [5.74, 6) is 0. The van der Waals surface area contributed by atoms with Crippen LogP contribution in [0.25, 0.3) is 0 Å². The molecule has 1 aromatic heterocycles. The molecule has 1 aromatic rings. The molecule has 92 valence electrons. The highest BCUT2D eigenvalue weighted by atomic mass is 35.5. The van der Waals surface area contributed by atoms with E-state index < -0.39 is 0 Å². The van der Waals surface area contributed by atoms with Crippen molar-refractivity contribution in [3.63, 3.8) is 0 Å². The Bertz CT molecular complexity index is 396. The van der Waals surface area contributed by atoms with Crippen molar-refractivity contribution in [1.82, 2.24) is 9.88 Å². The molecule has 1 N–H and O–H groups in total. The first-order valence-electron chi connectivity index (χ1n) is 6.45. The van der Waals surface area contributed by atoms with Crippen LogP contribution in [-0.2, 0) is 0 Å². The Morgan fingerprint density at radius 1 is 1.29 bits per heavy atom. The number of nitrogens with zero attached hydrogens (tertiary/aromatic N) is 2. The van der Waals surface area contributed by atoms with Crippen molar-refractivity contribution in [2.45, 2.75) is 37.8 Å². The maximum absolute atomic E-state index is 6.16. The quantitative estimate of drug-likeness (QED) is 0.876. The summed E-state index contributed by atoms with van der Waals surface area (Å²) >= 11 is 6.16. The van der Waals surface area contributed by atoms with Gasteiger partial charge in [-0.2, -0.15) is 0 Å². The second kappa shape index (κ2) is 4.83. The van der Waals surface area contributed by atoms with Gasteiger partial charge in [-0.3, -0.25) is 9.88 Å². The maximum atomic E-state index is 6.16. The summed E-state index contributed by atoms with van der Waals surface area (Å²) in [5.41, 5.74) is 0.978. The highest BCUT2D eigenvalue weighted by Gasteiger charge is 2.35. The van der Waals surface area contributed by atoms with E-state index in [9.17, 15) is 0 Å². The molecular formula is C13H18ClN3. The molecule has 2 aliphatic rings. The minimum absolute atomic E-state index is 0.539. The summed E-state index contributed by atoms with van der Waals surface area (Å²) in [5, 5.41) is 4.34. The Balaban J connectivity index is 1.71. The van der Waals surface area contributed by atoms with Gasteiger partial charge >= 0.3 is 0 Å². The van der Waals surface area contributed by atoms with Crippen LogP contribution in [0.2, 0.25) is 5.02 Å². The Labute approximate surface area is 107 Å². The molecule has 4 heteroatoms. The summed E-state index contributed by atoms with van der Waals surface area (Å²) in [6.07, 6.45) is 8.81. The zero-order valence-corrected chi connectivity index (χ0v) is 10.7. The molecule has 2 fully saturated rings. The Morgan fingerprint density at radius 2 is 2.24 bits per heavy atom. The summed E-state index contributed by atoms with van der Waals surface area (Å²) in [7, 11) is 0. The average Bonchev–Trinajstić information content (AvgIpc) is 2.76. The van der Waals surface area contributed by atoms with Gasteiger partial charge in [0.2, 0.25) is 0 Å². The van der Waals surface area contributed by atoms with E-state index in [0.717, 1.165) is 10.7 Å². The van der Waals surface area contributed by atoms with Crippen molar-refractivity contribution in [1.29, 1.82) is 0 Å². The average molecular weight is 252 g/mol. The van der Waals surface area contributed by atoms with Gasteiger partial charge in [0, 0.05) is 24.8 Å². The highest BCUT2D eigenvalue weighted by molar-refractivity contribution is 6.33. The first-order valence-corrected chi connectivity index (χ1v) is 6.82. The van der Waals surface area contributed by atoms with Crippen LogP contribution in [0.1, 0.15) is 25.7 Å². The Kier molecular flexibility index (Phi) is 3.21. The molecule has 2 aliphatic heterocycles. The first-order chi connectivity index (χ1) is 8.34. The number of fused-ring (bicyclic) bond motifs is 1. The van der Waals surface area contributed by atoms with Crippen molar-refractivity contribution in [2.75, 3.05) is 18.4 Å². The van der Waals surface area contributed by atoms with E-state index in [0.29, 0.717) is 12.1 Å². The zero-order chi connectivity index (χ0) is 11.7. The number of halogens is 1. The molecule has 2 saturated heterocycles. The third kappa shape index (κ3) is 2.26. The third-order valence-corrected chi connectivity index (χ3v) is 4.29. The third-order valence-electron chi connectivity index (χ3n) is 3.96. The number of nitrogens with one attached hydrogen (secondary N) is 1. The van der Waals surface area contributed by atoms with Gasteiger partial charge in [0.1, 0.15) is 0 Å². The van der Waals surface area contributed by atoms with Crippen molar-refractivity contribution < 1.29 is 0 Å². The van der Waals surface area contributed by atoms with E-state index in [1.807, 2.05) is 12.3 Å². The van der Waals surface area contributed by atoms with Crippen LogP contribution in [0, 0.1) is 0 Å². The van der Waals surface area contributed by atoms with Crippen LogP contribution < -0.4 is 5.32 Å². The summed E-state index contributed by atoms with van der Waals surface area (Å²) in [6.45, 7) is 2.49. The molecule has 0 amide bonds. The molecule has 0 radical (unpaired) electrons. The number of hydrogen-bond acceptors (Lipinski definition) is 3. The first kappa shape index (κ1) is 11.3. The summed E-state index contributed by atoms with van der Waals surface area (Å²) in [4.78, 5) is 6.75. The normalized spacial score (nSPS) is 29.0. The molecule has 2 unspecified atom stereocenters. The molecule has 0 aliphatic carbocycles. The minimum atomic E-state index is 0.539. The van der Waals surface area contributed by atoms with E-state index in [1.54, 1.807) is 6.20 Å². The predicted molar refractivity (Wildman–Crippen MR) is 70.5 cm³/mol. The van der Waals surface area contributed by atoms with E-state index in [4.69, 9.17) is 11.6 Å². The fourth-order valence-electron chi connectivity index (χ4n) is 3.10. The van der Waals surface area contributed by atoms with Crippen molar-refractivity contribution >= 4 is 17.3 Å². The fourth-order valence-corrected chi connectivity index (χ4v) is 3.26. The topological polar surface area (TPSA) is 28.2 Å². The largest absolute Gasteiger partial charge is 0.378 e. The van der Waals surface area contributed by atoms with Gasteiger partial charge in [-0.15, -0.1) is 0 Å². The summed E-state index contributed by atoms with van der Waals surface area (Å²) < 4.78 is 0. The number of piperidine rings is 1. The van der Waals surface area contributed by atoms with Crippen molar-refractivity contribution in [3.8, 4) is 0 Å². The van der Waals surface area contributed by atoms with E-state index in [2.05, 4.69) is 15.2 Å². The zero-order valence-electron chi connectivity index (χ0n) is 9.90. The molecule has 3 rings (SSSR count). The molecule has 3 heterocycles. The van der Waals surface area contributed by atoms with Crippen LogP contribution in [0.5, 0.6) is 0 Å². The monoisotopic (exact) mass is 251 g/mol. The molecule has 2 atom stereocenters. The van der Waals surface area contributed by atoms with Gasteiger partial charge in [-0.1, -0.05) is 18.0 Å². The lowest BCUT2D eigenvalue weighted by atomic mass is 9.99. The molecule has 3 nitrogen and oxygen atoms in total. The second-order valence-electron chi connectivity index (χ2n) is 4.99. The SMILES string of the molecule is Clc1ccncc1NC1CCN2CCCCC12. The summed E-state index contributed by atoms with van der Waals surface area (Å²) in [6, 6.07) is 3.08. The molecule has 0 saturated carbocycles. The molecule has 0 spiro atoms. The predicted octanol–water partition coefficient (Wildman–Crippen LogP) is 2.77. The number of aromatic nitrogens is 1. The lowest BCUT2D eigenvalue weighted by molar-refractivity contribution is 0.193. The van der Waals surface area contributed by atoms with E-state index >= 15 is 0 Å². The van der Waals surface area contributed by atoms with Crippen molar-refractivity contribution in [2.24, 2.45) is 0 Å². The van der Waals surface area contributed by atoms with Gasteiger partial charge in [-0.05, 0) is 31.9 Å². The Morgan fingerprint density at radius 3 is 3.12 bits per heavy atom. The lowest BCUT2D eigenvalue weighted by Crippen LogP contribution is -2.41. The molecule has 17 heavy (non-hydrogen) atoms. The number of pyridine rings is 1. The highest BCUT2D eigenvalue weighted by Crippen LogP contribution is 2.30. The number of rotatable bonds is 2. The van der Waals surface area contributed by atoms with Gasteiger partial charge in [-0.25, -0.2) is 0 Å². The number of hydrogen-bond donors (Lipinski definition) is 1. The van der Waals surface area contributed by atoms with Crippen LogP contribution in [0.4, 0.5) is 5.69 Å². The second-order valence-corrected chi connectivity index (χ2v) is 5.40.